The van der Waals surface area contributed by atoms with Gasteiger partial charge in [0.15, 0.2) is 0 Å². The minimum atomic E-state index is 0.00567. The molecular weight excluding hydrogens is 270 g/mol. The molecule has 108 valence electrons. The van der Waals surface area contributed by atoms with E-state index in [0.717, 1.165) is 11.3 Å². The average molecular weight is 285 g/mol. The number of morpholine rings is 1. The number of tetrazole rings is 1. The van der Waals surface area contributed by atoms with Gasteiger partial charge in [-0.05, 0) is 34.2 Å². The Bertz CT molecular complexity index is 633. The maximum Gasteiger partial charge on any atom is 0.246 e. The number of benzene rings is 1. The van der Waals surface area contributed by atoms with E-state index in [2.05, 4.69) is 15.5 Å². The van der Waals surface area contributed by atoms with Crippen molar-refractivity contribution in [2.45, 2.75) is 0 Å². The summed E-state index contributed by atoms with van der Waals surface area (Å²) in [6.07, 6.45) is 4.91. The highest BCUT2D eigenvalue weighted by Gasteiger charge is 2.13. The summed E-state index contributed by atoms with van der Waals surface area (Å²) in [6.45, 7) is 2.50. The third kappa shape index (κ3) is 3.32. The zero-order chi connectivity index (χ0) is 14.5. The smallest absolute Gasteiger partial charge is 0.246 e. The van der Waals surface area contributed by atoms with Crippen LogP contribution in [0.1, 0.15) is 5.56 Å². The fourth-order valence-corrected chi connectivity index (χ4v) is 2.11. The van der Waals surface area contributed by atoms with Crippen molar-refractivity contribution in [3.63, 3.8) is 0 Å². The number of aromatic nitrogens is 4. The van der Waals surface area contributed by atoms with Gasteiger partial charge in [-0.15, -0.1) is 5.10 Å². The molecule has 1 aromatic carbocycles. The molecular formula is C14H15N5O2. The number of nitrogens with zero attached hydrogens (tertiary/aromatic N) is 5. The summed E-state index contributed by atoms with van der Waals surface area (Å²) in [7, 11) is 0. The van der Waals surface area contributed by atoms with Crippen LogP contribution in [0.2, 0.25) is 0 Å². The third-order valence-corrected chi connectivity index (χ3v) is 3.22. The molecule has 2 heterocycles. The number of amides is 1. The topological polar surface area (TPSA) is 73.1 Å². The molecule has 1 saturated heterocycles. The summed E-state index contributed by atoms with van der Waals surface area (Å²) < 4.78 is 6.80. The molecule has 0 atom stereocenters. The third-order valence-electron chi connectivity index (χ3n) is 3.22. The standard InChI is InChI=1S/C14H15N5O2/c20-14(18-6-8-21-9-7-18)5-4-12-2-1-3-13(10-12)19-11-15-16-17-19/h1-5,10-11H,6-9H2/b5-4+. The summed E-state index contributed by atoms with van der Waals surface area (Å²) in [6, 6.07) is 7.64. The normalized spacial score (nSPS) is 15.5. The molecule has 21 heavy (non-hydrogen) atoms. The Hall–Kier alpha value is -2.54. The van der Waals surface area contributed by atoms with E-state index in [4.69, 9.17) is 4.74 Å². The predicted octanol–water partition coefficient (Wildman–Crippen LogP) is 0.534. The van der Waals surface area contributed by atoms with Gasteiger partial charge in [0.1, 0.15) is 6.33 Å². The molecule has 0 unspecified atom stereocenters. The van der Waals surface area contributed by atoms with Crippen molar-refractivity contribution in [1.29, 1.82) is 0 Å². The first-order chi connectivity index (χ1) is 10.3. The Labute approximate surface area is 121 Å². The molecule has 0 spiro atoms. The summed E-state index contributed by atoms with van der Waals surface area (Å²) >= 11 is 0. The van der Waals surface area contributed by atoms with Crippen molar-refractivity contribution in [1.82, 2.24) is 25.1 Å². The van der Waals surface area contributed by atoms with Crippen LogP contribution >= 0.6 is 0 Å². The van der Waals surface area contributed by atoms with Gasteiger partial charge in [0.2, 0.25) is 5.91 Å². The van der Waals surface area contributed by atoms with E-state index < -0.39 is 0 Å². The van der Waals surface area contributed by atoms with Gasteiger partial charge < -0.3 is 9.64 Å². The fourth-order valence-electron chi connectivity index (χ4n) is 2.11. The van der Waals surface area contributed by atoms with Crippen LogP contribution in [-0.2, 0) is 9.53 Å². The van der Waals surface area contributed by atoms with Crippen LogP contribution in [0.25, 0.3) is 11.8 Å². The molecule has 0 aliphatic carbocycles. The first-order valence-corrected chi connectivity index (χ1v) is 6.71. The van der Waals surface area contributed by atoms with Gasteiger partial charge in [0.25, 0.3) is 0 Å². The van der Waals surface area contributed by atoms with E-state index in [1.807, 2.05) is 24.3 Å². The molecule has 1 aliphatic rings. The van der Waals surface area contributed by atoms with Gasteiger partial charge in [-0.1, -0.05) is 12.1 Å². The van der Waals surface area contributed by atoms with E-state index in [9.17, 15) is 4.79 Å². The molecule has 7 heteroatoms. The van der Waals surface area contributed by atoms with Crippen molar-refractivity contribution in [2.24, 2.45) is 0 Å². The van der Waals surface area contributed by atoms with Gasteiger partial charge in [0, 0.05) is 19.2 Å². The van der Waals surface area contributed by atoms with Gasteiger partial charge in [-0.25, -0.2) is 4.68 Å². The molecule has 1 aromatic heterocycles. The van der Waals surface area contributed by atoms with Gasteiger partial charge in [0.05, 0.1) is 18.9 Å². The molecule has 0 bridgehead atoms. The van der Waals surface area contributed by atoms with E-state index in [1.165, 1.54) is 6.33 Å². The SMILES string of the molecule is O=C(/C=C/c1cccc(-n2cnnn2)c1)N1CCOCC1. The fraction of sp³-hybridized carbons (Fsp3) is 0.286. The average Bonchev–Trinajstić information content (AvgIpc) is 3.08. The first-order valence-electron chi connectivity index (χ1n) is 6.71. The van der Waals surface area contributed by atoms with Crippen molar-refractivity contribution in [2.75, 3.05) is 26.3 Å². The lowest BCUT2D eigenvalue weighted by Crippen LogP contribution is -2.39. The molecule has 2 aromatic rings. The number of hydrogen-bond acceptors (Lipinski definition) is 5. The molecule has 0 N–H and O–H groups in total. The zero-order valence-corrected chi connectivity index (χ0v) is 11.4. The Balaban J connectivity index is 1.71. The minimum Gasteiger partial charge on any atom is -0.378 e. The number of carbonyl (C=O) groups excluding carboxylic acids is 1. The molecule has 1 aliphatic heterocycles. The molecule has 3 rings (SSSR count). The second kappa shape index (κ2) is 6.27. The lowest BCUT2D eigenvalue weighted by atomic mass is 10.2. The predicted molar refractivity (Wildman–Crippen MR) is 75.6 cm³/mol. The Kier molecular flexibility index (Phi) is 4.02. The van der Waals surface area contributed by atoms with Crippen LogP contribution in [0.5, 0.6) is 0 Å². The van der Waals surface area contributed by atoms with Crippen molar-refractivity contribution < 1.29 is 9.53 Å². The molecule has 0 radical (unpaired) electrons. The maximum absolute atomic E-state index is 12.0. The minimum absolute atomic E-state index is 0.00567. The lowest BCUT2D eigenvalue weighted by Gasteiger charge is -2.25. The van der Waals surface area contributed by atoms with Crippen LogP contribution in [0.4, 0.5) is 0 Å². The van der Waals surface area contributed by atoms with E-state index in [-0.39, 0.29) is 5.91 Å². The summed E-state index contributed by atoms with van der Waals surface area (Å²) in [4.78, 5) is 13.8. The van der Waals surface area contributed by atoms with Crippen molar-refractivity contribution in [3.8, 4) is 5.69 Å². The van der Waals surface area contributed by atoms with Crippen LogP contribution in [0, 0.1) is 0 Å². The second-order valence-corrected chi connectivity index (χ2v) is 4.62. The maximum atomic E-state index is 12.0. The summed E-state index contributed by atoms with van der Waals surface area (Å²) in [5.74, 6) is 0.00567. The Morgan fingerprint density at radius 3 is 2.90 bits per heavy atom. The number of ether oxygens (including phenoxy) is 1. The first kappa shape index (κ1) is 13.4. The van der Waals surface area contributed by atoms with Gasteiger partial charge in [-0.3, -0.25) is 4.79 Å². The van der Waals surface area contributed by atoms with Crippen LogP contribution in [0.3, 0.4) is 0 Å². The zero-order valence-electron chi connectivity index (χ0n) is 11.4. The van der Waals surface area contributed by atoms with Gasteiger partial charge >= 0.3 is 0 Å². The largest absolute Gasteiger partial charge is 0.378 e. The van der Waals surface area contributed by atoms with E-state index in [1.54, 1.807) is 21.7 Å². The Morgan fingerprint density at radius 2 is 2.14 bits per heavy atom. The number of hydrogen-bond donors (Lipinski definition) is 0. The van der Waals surface area contributed by atoms with Crippen molar-refractivity contribution >= 4 is 12.0 Å². The van der Waals surface area contributed by atoms with Crippen molar-refractivity contribution in [3.05, 3.63) is 42.2 Å². The highest BCUT2D eigenvalue weighted by molar-refractivity contribution is 5.91. The number of carbonyl (C=O) groups is 1. The molecule has 0 saturated carbocycles. The summed E-state index contributed by atoms with van der Waals surface area (Å²) in [5.41, 5.74) is 1.77. The summed E-state index contributed by atoms with van der Waals surface area (Å²) in [5, 5.41) is 11.0. The quantitative estimate of drug-likeness (QED) is 0.769. The number of rotatable bonds is 3. The van der Waals surface area contributed by atoms with Crippen LogP contribution in [-0.4, -0.2) is 57.3 Å². The molecule has 1 fully saturated rings. The van der Waals surface area contributed by atoms with Crippen LogP contribution < -0.4 is 0 Å². The molecule has 1 amide bonds. The molecule has 7 nitrogen and oxygen atoms in total. The monoisotopic (exact) mass is 285 g/mol. The second-order valence-electron chi connectivity index (χ2n) is 4.62. The van der Waals surface area contributed by atoms with E-state index in [0.29, 0.717) is 26.3 Å². The lowest BCUT2D eigenvalue weighted by molar-refractivity contribution is -0.129. The highest BCUT2D eigenvalue weighted by atomic mass is 16.5. The van der Waals surface area contributed by atoms with E-state index >= 15 is 0 Å². The van der Waals surface area contributed by atoms with Crippen LogP contribution in [0.15, 0.2) is 36.7 Å². The van der Waals surface area contributed by atoms with Gasteiger partial charge in [-0.2, -0.15) is 0 Å². The Morgan fingerprint density at radius 1 is 1.29 bits per heavy atom. The highest BCUT2D eigenvalue weighted by Crippen LogP contribution is 2.10.